The van der Waals surface area contributed by atoms with E-state index in [4.69, 9.17) is 13.9 Å². The van der Waals surface area contributed by atoms with Crippen LogP contribution in [0.3, 0.4) is 0 Å². The van der Waals surface area contributed by atoms with Crippen molar-refractivity contribution in [2.45, 2.75) is 20.8 Å². The van der Waals surface area contributed by atoms with Crippen LogP contribution in [0, 0.1) is 6.92 Å². The Hall–Kier alpha value is -2.47. The summed E-state index contributed by atoms with van der Waals surface area (Å²) in [5.74, 6) is 1.24. The van der Waals surface area contributed by atoms with Gasteiger partial charge in [-0.25, -0.2) is 0 Å². The predicted octanol–water partition coefficient (Wildman–Crippen LogP) is 5.55. The highest BCUT2D eigenvalue weighted by atomic mass is 79.9. The maximum Gasteiger partial charge on any atom is 0.291 e. The van der Waals surface area contributed by atoms with E-state index in [0.717, 1.165) is 15.4 Å². The van der Waals surface area contributed by atoms with Crippen LogP contribution in [-0.2, 0) is 0 Å². The van der Waals surface area contributed by atoms with Gasteiger partial charge < -0.3 is 19.2 Å². The zero-order valence-corrected chi connectivity index (χ0v) is 16.5. The van der Waals surface area contributed by atoms with E-state index in [1.54, 1.807) is 18.2 Å². The number of rotatable bonds is 6. The Morgan fingerprint density at radius 3 is 2.54 bits per heavy atom. The van der Waals surface area contributed by atoms with Gasteiger partial charge in [-0.2, -0.15) is 0 Å². The van der Waals surface area contributed by atoms with Crippen molar-refractivity contribution in [1.29, 1.82) is 0 Å². The monoisotopic (exact) mass is 417 g/mol. The predicted molar refractivity (Wildman–Crippen MR) is 105 cm³/mol. The number of hydrogen-bond acceptors (Lipinski definition) is 4. The molecule has 5 nitrogen and oxygen atoms in total. The van der Waals surface area contributed by atoms with E-state index < -0.39 is 0 Å². The highest BCUT2D eigenvalue weighted by molar-refractivity contribution is 9.10. The van der Waals surface area contributed by atoms with Crippen LogP contribution >= 0.6 is 15.9 Å². The summed E-state index contributed by atoms with van der Waals surface area (Å²) in [6.07, 6.45) is 0. The lowest BCUT2D eigenvalue weighted by molar-refractivity contribution is 0.0998. The molecule has 0 aliphatic carbocycles. The van der Waals surface area contributed by atoms with Crippen molar-refractivity contribution in [2.24, 2.45) is 0 Å². The molecule has 1 amide bonds. The molecule has 0 fully saturated rings. The van der Waals surface area contributed by atoms with Gasteiger partial charge in [0.1, 0.15) is 5.58 Å². The maximum atomic E-state index is 12.7. The molecule has 6 heteroatoms. The first-order chi connectivity index (χ1) is 12.5. The number of fused-ring (bicyclic) bond motifs is 1. The van der Waals surface area contributed by atoms with Crippen molar-refractivity contribution in [3.8, 4) is 11.5 Å². The molecule has 3 aromatic rings. The van der Waals surface area contributed by atoms with E-state index in [-0.39, 0.29) is 5.91 Å². The van der Waals surface area contributed by atoms with Crippen molar-refractivity contribution >= 4 is 38.5 Å². The molecule has 0 radical (unpaired) electrons. The standard InChI is InChI=1S/C20H20BrNO4/c1-4-24-17-9-7-14(11-18(17)25-5-2)22-20(23)19-12(3)15-10-13(21)6-8-16(15)26-19/h6-11H,4-5H2,1-3H3,(H,22,23). The lowest BCUT2D eigenvalue weighted by Crippen LogP contribution is -2.12. The minimum absolute atomic E-state index is 0.296. The Labute approximate surface area is 160 Å². The molecule has 2 aromatic carbocycles. The molecule has 0 atom stereocenters. The third kappa shape index (κ3) is 3.70. The van der Waals surface area contributed by atoms with E-state index in [1.807, 2.05) is 39.0 Å². The normalized spacial score (nSPS) is 10.8. The molecule has 136 valence electrons. The zero-order valence-electron chi connectivity index (χ0n) is 14.9. The summed E-state index contributed by atoms with van der Waals surface area (Å²) >= 11 is 3.44. The Morgan fingerprint density at radius 2 is 1.81 bits per heavy atom. The fraction of sp³-hybridized carbons (Fsp3) is 0.250. The number of furan rings is 1. The average molecular weight is 418 g/mol. The fourth-order valence-electron chi connectivity index (χ4n) is 2.73. The van der Waals surface area contributed by atoms with Crippen LogP contribution in [0.25, 0.3) is 11.0 Å². The van der Waals surface area contributed by atoms with Crippen molar-refractivity contribution in [3.05, 3.63) is 52.2 Å². The lowest BCUT2D eigenvalue weighted by atomic mass is 10.1. The molecule has 1 heterocycles. The zero-order chi connectivity index (χ0) is 18.7. The number of benzene rings is 2. The summed E-state index contributed by atoms with van der Waals surface area (Å²) in [4.78, 5) is 12.7. The molecule has 0 saturated heterocycles. The third-order valence-corrected chi connectivity index (χ3v) is 4.40. The highest BCUT2D eigenvalue weighted by Crippen LogP contribution is 2.32. The van der Waals surface area contributed by atoms with Crippen LogP contribution in [0.1, 0.15) is 30.0 Å². The van der Waals surface area contributed by atoms with E-state index in [1.165, 1.54) is 0 Å². The molecule has 3 rings (SSSR count). The van der Waals surface area contributed by atoms with Gasteiger partial charge in [-0.15, -0.1) is 0 Å². The maximum absolute atomic E-state index is 12.7. The molecular weight excluding hydrogens is 398 g/mol. The van der Waals surface area contributed by atoms with Gasteiger partial charge in [0.15, 0.2) is 17.3 Å². The number of halogens is 1. The molecule has 0 aliphatic rings. The summed E-state index contributed by atoms with van der Waals surface area (Å²) in [5, 5.41) is 3.77. The Balaban J connectivity index is 1.88. The summed E-state index contributed by atoms with van der Waals surface area (Å²) in [5.41, 5.74) is 2.09. The molecule has 26 heavy (non-hydrogen) atoms. The smallest absolute Gasteiger partial charge is 0.291 e. The minimum Gasteiger partial charge on any atom is -0.490 e. The molecule has 0 aliphatic heterocycles. The van der Waals surface area contributed by atoms with Gasteiger partial charge in [0.05, 0.1) is 13.2 Å². The van der Waals surface area contributed by atoms with Crippen LogP contribution in [-0.4, -0.2) is 19.1 Å². The van der Waals surface area contributed by atoms with Gasteiger partial charge >= 0.3 is 0 Å². The number of aryl methyl sites for hydroxylation is 1. The molecule has 0 saturated carbocycles. The van der Waals surface area contributed by atoms with Crippen molar-refractivity contribution in [3.63, 3.8) is 0 Å². The number of carbonyl (C=O) groups excluding carboxylic acids is 1. The summed E-state index contributed by atoms with van der Waals surface area (Å²) in [7, 11) is 0. The van der Waals surface area contributed by atoms with Gasteiger partial charge in [-0.3, -0.25) is 4.79 Å². The first kappa shape index (κ1) is 18.3. The molecule has 1 N–H and O–H groups in total. The summed E-state index contributed by atoms with van der Waals surface area (Å²) < 4.78 is 17.8. The Kier molecular flexibility index (Phi) is 5.52. The number of hydrogen-bond donors (Lipinski definition) is 1. The van der Waals surface area contributed by atoms with Gasteiger partial charge in [0, 0.05) is 27.2 Å². The molecular formula is C20H20BrNO4. The fourth-order valence-corrected chi connectivity index (χ4v) is 3.09. The van der Waals surface area contributed by atoms with Gasteiger partial charge in [0.2, 0.25) is 0 Å². The minimum atomic E-state index is -0.304. The van der Waals surface area contributed by atoms with Crippen molar-refractivity contribution in [2.75, 3.05) is 18.5 Å². The average Bonchev–Trinajstić information content (AvgIpc) is 2.94. The molecule has 0 bridgehead atoms. The molecule has 0 spiro atoms. The first-order valence-corrected chi connectivity index (χ1v) is 9.22. The highest BCUT2D eigenvalue weighted by Gasteiger charge is 2.18. The second-order valence-corrected chi connectivity index (χ2v) is 6.59. The first-order valence-electron chi connectivity index (χ1n) is 8.43. The van der Waals surface area contributed by atoms with E-state index >= 15 is 0 Å². The lowest BCUT2D eigenvalue weighted by Gasteiger charge is -2.12. The molecule has 0 unspecified atom stereocenters. The number of anilines is 1. The molecule has 1 aromatic heterocycles. The van der Waals surface area contributed by atoms with Crippen molar-refractivity contribution < 1.29 is 18.7 Å². The van der Waals surface area contributed by atoms with E-state index in [0.29, 0.717) is 41.7 Å². The van der Waals surface area contributed by atoms with Gasteiger partial charge in [-0.1, -0.05) is 15.9 Å². The number of nitrogens with one attached hydrogen (secondary N) is 1. The summed E-state index contributed by atoms with van der Waals surface area (Å²) in [6.45, 7) is 6.73. The number of ether oxygens (including phenoxy) is 2. The summed E-state index contributed by atoms with van der Waals surface area (Å²) in [6, 6.07) is 11.0. The second kappa shape index (κ2) is 7.83. The third-order valence-electron chi connectivity index (χ3n) is 3.91. The van der Waals surface area contributed by atoms with Gasteiger partial charge in [0.25, 0.3) is 5.91 Å². The number of carbonyl (C=O) groups is 1. The second-order valence-electron chi connectivity index (χ2n) is 5.68. The van der Waals surface area contributed by atoms with Gasteiger partial charge in [-0.05, 0) is 51.1 Å². The van der Waals surface area contributed by atoms with Crippen LogP contribution in [0.4, 0.5) is 5.69 Å². The van der Waals surface area contributed by atoms with E-state index in [2.05, 4.69) is 21.2 Å². The number of amides is 1. The largest absolute Gasteiger partial charge is 0.490 e. The van der Waals surface area contributed by atoms with Crippen LogP contribution in [0.2, 0.25) is 0 Å². The topological polar surface area (TPSA) is 60.7 Å². The van der Waals surface area contributed by atoms with Crippen LogP contribution < -0.4 is 14.8 Å². The van der Waals surface area contributed by atoms with Crippen LogP contribution in [0.5, 0.6) is 11.5 Å². The van der Waals surface area contributed by atoms with Crippen molar-refractivity contribution in [1.82, 2.24) is 0 Å². The quantitative estimate of drug-likeness (QED) is 0.570. The Morgan fingerprint density at radius 1 is 1.08 bits per heavy atom. The van der Waals surface area contributed by atoms with Crippen LogP contribution in [0.15, 0.2) is 45.3 Å². The SMILES string of the molecule is CCOc1ccc(NC(=O)c2oc3ccc(Br)cc3c2C)cc1OCC. The Bertz CT molecular complexity index is 948. The van der Waals surface area contributed by atoms with E-state index in [9.17, 15) is 4.79 Å².